The zero-order valence-electron chi connectivity index (χ0n) is 32.9. The molecular formula is C46H52F4N4O4. The number of phenolic OH excluding ortho intramolecular Hbond substituents is 2. The van der Waals surface area contributed by atoms with Crippen molar-refractivity contribution < 1.29 is 37.4 Å². The van der Waals surface area contributed by atoms with Gasteiger partial charge in [0.05, 0.1) is 24.2 Å². The van der Waals surface area contributed by atoms with Crippen LogP contribution >= 0.6 is 0 Å². The Balaban J connectivity index is 0.000000177. The molecule has 8 rings (SSSR count). The van der Waals surface area contributed by atoms with E-state index in [1.807, 2.05) is 33.4 Å². The van der Waals surface area contributed by atoms with E-state index in [-0.39, 0.29) is 84.0 Å². The van der Waals surface area contributed by atoms with Crippen molar-refractivity contribution in [1.29, 1.82) is 0 Å². The lowest BCUT2D eigenvalue weighted by molar-refractivity contribution is -0.135. The van der Waals surface area contributed by atoms with Crippen LogP contribution in [0.5, 0.6) is 11.5 Å². The third kappa shape index (κ3) is 9.03. The number of halogens is 4. The smallest absolute Gasteiger partial charge is 0.240 e. The van der Waals surface area contributed by atoms with Gasteiger partial charge in [0.15, 0.2) is 0 Å². The molecule has 0 saturated carbocycles. The van der Waals surface area contributed by atoms with Crippen molar-refractivity contribution >= 4 is 11.8 Å². The molecule has 0 aromatic heterocycles. The first-order chi connectivity index (χ1) is 27.9. The van der Waals surface area contributed by atoms with E-state index >= 15 is 0 Å². The number of nitrogens with zero attached hydrogens (tertiary/aromatic N) is 4. The van der Waals surface area contributed by atoms with Crippen LogP contribution in [0.4, 0.5) is 17.6 Å². The molecule has 0 radical (unpaired) electrons. The van der Waals surface area contributed by atoms with E-state index in [1.54, 1.807) is 72.8 Å². The predicted octanol–water partition coefficient (Wildman–Crippen LogP) is 8.04. The highest BCUT2D eigenvalue weighted by Crippen LogP contribution is 2.37. The monoisotopic (exact) mass is 800 g/mol. The average molecular weight is 801 g/mol. The zero-order valence-corrected chi connectivity index (χ0v) is 32.9. The van der Waals surface area contributed by atoms with Crippen LogP contribution < -0.4 is 0 Å². The number of carbonyl (C=O) groups excluding carboxylic acids is 2. The van der Waals surface area contributed by atoms with Crippen LogP contribution in [0.15, 0.2) is 97.1 Å². The second-order valence-corrected chi connectivity index (χ2v) is 16.1. The largest absolute Gasteiger partial charge is 0.508 e. The third-order valence-corrected chi connectivity index (χ3v) is 12.7. The minimum absolute atomic E-state index is 0.0251. The summed E-state index contributed by atoms with van der Waals surface area (Å²) in [6, 6.07) is 25.1. The van der Waals surface area contributed by atoms with E-state index in [2.05, 4.69) is 0 Å². The second kappa shape index (κ2) is 17.9. The van der Waals surface area contributed by atoms with E-state index in [1.165, 1.54) is 24.3 Å². The summed E-state index contributed by atoms with van der Waals surface area (Å²) in [4.78, 5) is 33.7. The van der Waals surface area contributed by atoms with Crippen molar-refractivity contribution in [1.82, 2.24) is 19.6 Å². The number of phenols is 2. The van der Waals surface area contributed by atoms with Crippen LogP contribution in [0.2, 0.25) is 0 Å². The molecule has 4 fully saturated rings. The summed E-state index contributed by atoms with van der Waals surface area (Å²) in [7, 11) is 0. The number of rotatable bonds is 8. The molecule has 2 N–H and O–H groups in total. The Hall–Kier alpha value is -4.94. The van der Waals surface area contributed by atoms with Crippen LogP contribution in [0.25, 0.3) is 0 Å². The number of likely N-dealkylation sites (tertiary alicyclic amines) is 4. The number of benzene rings is 4. The highest BCUT2D eigenvalue weighted by Gasteiger charge is 2.43. The van der Waals surface area contributed by atoms with E-state index in [4.69, 9.17) is 0 Å². The summed E-state index contributed by atoms with van der Waals surface area (Å²) >= 11 is 0. The minimum Gasteiger partial charge on any atom is -0.508 e. The number of piperidine rings is 2. The van der Waals surface area contributed by atoms with Gasteiger partial charge in [-0.2, -0.15) is 0 Å². The Morgan fingerprint density at radius 3 is 1.19 bits per heavy atom. The first-order valence-electron chi connectivity index (χ1n) is 20.3. The number of amides is 2. The first kappa shape index (κ1) is 41.2. The molecule has 308 valence electrons. The van der Waals surface area contributed by atoms with Gasteiger partial charge in [0.1, 0.15) is 35.5 Å². The Morgan fingerprint density at radius 1 is 0.517 bits per heavy atom. The standard InChI is InChI=1S/2C23H26F2N2O2/c2*1-15(16-2-6-18(24)7-3-16)27-13-11-22(23(27)29)26-12-10-20(21(25)14-26)17-4-8-19(28)9-5-17/h2*2-9,15,20-22,28H,10-14H2,1H3/t15-,20+,21-,22+;15-,20+,21-,22-/m00/s1. The highest BCUT2D eigenvalue weighted by atomic mass is 19.1. The highest BCUT2D eigenvalue weighted by molar-refractivity contribution is 5.85. The molecule has 12 heteroatoms. The van der Waals surface area contributed by atoms with Crippen LogP contribution in [0.1, 0.15) is 85.7 Å². The van der Waals surface area contributed by atoms with Crippen molar-refractivity contribution in [3.8, 4) is 11.5 Å². The molecule has 0 bridgehead atoms. The van der Waals surface area contributed by atoms with Gasteiger partial charge in [-0.3, -0.25) is 19.4 Å². The maximum Gasteiger partial charge on any atom is 0.240 e. The van der Waals surface area contributed by atoms with Gasteiger partial charge in [-0.15, -0.1) is 0 Å². The van der Waals surface area contributed by atoms with E-state index in [0.717, 1.165) is 22.3 Å². The summed E-state index contributed by atoms with van der Waals surface area (Å²) in [5.41, 5.74) is 3.57. The van der Waals surface area contributed by atoms with Crippen molar-refractivity contribution in [2.45, 2.75) is 87.9 Å². The van der Waals surface area contributed by atoms with E-state index < -0.39 is 12.3 Å². The Morgan fingerprint density at radius 2 is 0.862 bits per heavy atom. The second-order valence-electron chi connectivity index (χ2n) is 16.1. The first-order valence-corrected chi connectivity index (χ1v) is 20.3. The van der Waals surface area contributed by atoms with Gasteiger partial charge in [0, 0.05) is 38.0 Å². The molecule has 0 aliphatic carbocycles. The van der Waals surface area contributed by atoms with Crippen molar-refractivity contribution in [3.05, 3.63) is 131 Å². The molecule has 4 aliphatic rings. The van der Waals surface area contributed by atoms with E-state index in [9.17, 15) is 37.4 Å². The number of hydrogen-bond donors (Lipinski definition) is 2. The van der Waals surface area contributed by atoms with Crippen LogP contribution in [-0.4, -0.2) is 105 Å². The predicted molar refractivity (Wildman–Crippen MR) is 214 cm³/mol. The lowest BCUT2D eigenvalue weighted by Gasteiger charge is -2.38. The van der Waals surface area contributed by atoms with Crippen molar-refractivity contribution in [2.24, 2.45) is 0 Å². The number of hydrogen-bond acceptors (Lipinski definition) is 6. The Bertz CT molecular complexity index is 1860. The fourth-order valence-corrected chi connectivity index (χ4v) is 9.28. The molecule has 4 aromatic carbocycles. The molecule has 8 atom stereocenters. The average Bonchev–Trinajstić information content (AvgIpc) is 3.81. The lowest BCUT2D eigenvalue weighted by atomic mass is 9.87. The molecule has 4 aliphatic heterocycles. The quantitative estimate of drug-likeness (QED) is 0.176. The summed E-state index contributed by atoms with van der Waals surface area (Å²) < 4.78 is 56.3. The normalized spacial score (nSPS) is 26.7. The van der Waals surface area contributed by atoms with Gasteiger partial charge in [0.25, 0.3) is 0 Å². The molecule has 4 heterocycles. The summed E-state index contributed by atoms with van der Waals surface area (Å²) in [5.74, 6) is -0.611. The Labute approximate surface area is 337 Å². The van der Waals surface area contributed by atoms with E-state index in [0.29, 0.717) is 51.9 Å². The fraction of sp³-hybridized carbons (Fsp3) is 0.435. The van der Waals surface area contributed by atoms with Gasteiger partial charge in [-0.1, -0.05) is 48.5 Å². The van der Waals surface area contributed by atoms with Gasteiger partial charge in [-0.25, -0.2) is 17.6 Å². The SMILES string of the molecule is C[C@@H](c1ccc(F)cc1)N1CC[C@@H](N2CC[C@H](c3ccc(O)cc3)[C@@H](F)C2)C1=O.C[C@@H](c1ccc(F)cc1)N1CC[C@H](N2CC[C@H](c3ccc(O)cc3)[C@@H](F)C2)C1=O. The molecule has 0 unspecified atom stereocenters. The minimum atomic E-state index is -1.05. The molecule has 4 saturated heterocycles. The third-order valence-electron chi connectivity index (χ3n) is 12.7. The van der Waals surface area contributed by atoms with Gasteiger partial charge >= 0.3 is 0 Å². The molecule has 4 aromatic rings. The maximum absolute atomic E-state index is 15.0. The summed E-state index contributed by atoms with van der Waals surface area (Å²) in [5, 5.41) is 18.9. The molecule has 8 nitrogen and oxygen atoms in total. The van der Waals surface area contributed by atoms with Crippen LogP contribution in [0, 0.1) is 11.6 Å². The van der Waals surface area contributed by atoms with Gasteiger partial charge < -0.3 is 20.0 Å². The molecule has 0 spiro atoms. The topological polar surface area (TPSA) is 87.6 Å². The number of carbonyl (C=O) groups is 2. The number of alkyl halides is 2. The molecular weight excluding hydrogens is 749 g/mol. The fourth-order valence-electron chi connectivity index (χ4n) is 9.28. The van der Waals surface area contributed by atoms with Gasteiger partial charge in [-0.05, 0) is 123 Å². The molecule has 2 amide bonds. The zero-order chi connectivity index (χ0) is 41.1. The van der Waals surface area contributed by atoms with Crippen molar-refractivity contribution in [3.63, 3.8) is 0 Å². The van der Waals surface area contributed by atoms with Crippen molar-refractivity contribution in [2.75, 3.05) is 39.3 Å². The van der Waals surface area contributed by atoms with Gasteiger partial charge in [0.2, 0.25) is 11.8 Å². The maximum atomic E-state index is 15.0. The summed E-state index contributed by atoms with van der Waals surface area (Å²) in [6.07, 6.45) is 0.545. The van der Waals surface area contributed by atoms with Crippen LogP contribution in [-0.2, 0) is 9.59 Å². The van der Waals surface area contributed by atoms with Crippen LogP contribution in [0.3, 0.4) is 0 Å². The summed E-state index contributed by atoms with van der Waals surface area (Å²) in [6.45, 7) is 6.95. The number of aromatic hydroxyl groups is 2. The lowest BCUT2D eigenvalue weighted by Crippen LogP contribution is -2.49. The Kier molecular flexibility index (Phi) is 12.7. The molecule has 58 heavy (non-hydrogen) atoms.